The molecule has 1 rings (SSSR count). The average Bonchev–Trinajstić information content (AvgIpc) is 2.56. The highest BCUT2D eigenvalue weighted by molar-refractivity contribution is 8.00. The highest BCUT2D eigenvalue weighted by Crippen LogP contribution is 2.30. The van der Waals surface area contributed by atoms with Crippen LogP contribution in [0.25, 0.3) is 0 Å². The Morgan fingerprint density at radius 3 is 2.42 bits per heavy atom. The molecule has 0 bridgehead atoms. The summed E-state index contributed by atoms with van der Waals surface area (Å²) in [6.45, 7) is 0. The molecule has 1 aliphatic heterocycles. The van der Waals surface area contributed by atoms with Gasteiger partial charge in [0, 0.05) is 5.25 Å². The van der Waals surface area contributed by atoms with Gasteiger partial charge in [0.05, 0.1) is 0 Å². The normalized spacial score (nSPS) is 23.8. The van der Waals surface area contributed by atoms with Gasteiger partial charge in [0.25, 0.3) is 0 Å². The van der Waals surface area contributed by atoms with Gasteiger partial charge in [0.1, 0.15) is 0 Å². The molecule has 0 aromatic rings. The molecule has 1 fully saturated rings. The van der Waals surface area contributed by atoms with Crippen molar-refractivity contribution in [1.29, 1.82) is 0 Å². The van der Waals surface area contributed by atoms with Crippen LogP contribution in [0.4, 0.5) is 0 Å². The van der Waals surface area contributed by atoms with E-state index in [0.717, 1.165) is 18.6 Å². The summed E-state index contributed by atoms with van der Waals surface area (Å²) in [5, 5.41) is 0.160. The van der Waals surface area contributed by atoms with Gasteiger partial charge in [-0.1, -0.05) is 0 Å². The Morgan fingerprint density at radius 2 is 2.00 bits per heavy atom. The minimum atomic E-state index is -0.563. The second kappa shape index (κ2) is 4.88. The minimum Gasteiger partial charge on any atom is -0.211 e. The molecule has 0 saturated carbocycles. The third kappa shape index (κ3) is 2.31. The zero-order valence-corrected chi connectivity index (χ0v) is 7.21. The number of rotatable bonds is 3. The van der Waals surface area contributed by atoms with Gasteiger partial charge in [0.15, 0.2) is 6.17 Å². The minimum absolute atomic E-state index is 0.160. The molecule has 1 aliphatic rings. The lowest BCUT2D eigenvalue weighted by molar-refractivity contribution is 0.543. The van der Waals surface area contributed by atoms with Crippen molar-refractivity contribution in [3.8, 4) is 0 Å². The van der Waals surface area contributed by atoms with Crippen LogP contribution in [0.15, 0.2) is 9.98 Å². The zero-order valence-electron chi connectivity index (χ0n) is 6.40. The molecule has 1 heterocycles. The molecule has 0 aliphatic carbocycles. The molecule has 1 saturated heterocycles. The van der Waals surface area contributed by atoms with Crippen LogP contribution < -0.4 is 0 Å². The van der Waals surface area contributed by atoms with Gasteiger partial charge in [-0.3, -0.25) is 0 Å². The maximum absolute atomic E-state index is 9.96. The third-order valence-corrected chi connectivity index (χ3v) is 3.10. The number of hydrogen-bond donors (Lipinski definition) is 0. The molecule has 1 unspecified atom stereocenters. The Kier molecular flexibility index (Phi) is 3.74. The summed E-state index contributed by atoms with van der Waals surface area (Å²) >= 11 is 1.69. The largest absolute Gasteiger partial charge is 0.237 e. The SMILES string of the molecule is O=C=NC(N=C=O)C1CCCS1. The molecule has 5 heteroatoms. The van der Waals surface area contributed by atoms with Gasteiger partial charge in [-0.25, -0.2) is 9.59 Å². The summed E-state index contributed by atoms with van der Waals surface area (Å²) in [6, 6.07) is 0. The van der Waals surface area contributed by atoms with Crippen molar-refractivity contribution in [1.82, 2.24) is 0 Å². The predicted molar refractivity (Wildman–Crippen MR) is 45.5 cm³/mol. The van der Waals surface area contributed by atoms with Crippen molar-refractivity contribution in [3.05, 3.63) is 0 Å². The summed E-state index contributed by atoms with van der Waals surface area (Å²) in [7, 11) is 0. The maximum atomic E-state index is 9.96. The number of nitrogens with zero attached hydrogens (tertiary/aromatic N) is 2. The maximum Gasteiger partial charge on any atom is 0.237 e. The van der Waals surface area contributed by atoms with Crippen molar-refractivity contribution in [2.45, 2.75) is 24.3 Å². The van der Waals surface area contributed by atoms with E-state index in [1.165, 1.54) is 12.2 Å². The predicted octanol–water partition coefficient (Wildman–Crippen LogP) is 0.880. The lowest BCUT2D eigenvalue weighted by atomic mass is 10.2. The van der Waals surface area contributed by atoms with Crippen LogP contribution in [-0.4, -0.2) is 29.3 Å². The first kappa shape index (κ1) is 9.20. The fourth-order valence-electron chi connectivity index (χ4n) is 1.14. The van der Waals surface area contributed by atoms with E-state index in [0.29, 0.717) is 0 Å². The first-order chi connectivity index (χ1) is 5.88. The molecular formula is C7H8N2O2S. The van der Waals surface area contributed by atoms with E-state index in [-0.39, 0.29) is 5.25 Å². The summed E-state index contributed by atoms with van der Waals surface area (Å²) < 4.78 is 0. The Morgan fingerprint density at radius 1 is 1.33 bits per heavy atom. The van der Waals surface area contributed by atoms with E-state index in [2.05, 4.69) is 9.98 Å². The van der Waals surface area contributed by atoms with E-state index < -0.39 is 6.17 Å². The van der Waals surface area contributed by atoms with Gasteiger partial charge in [0.2, 0.25) is 12.2 Å². The van der Waals surface area contributed by atoms with Crippen LogP contribution in [0.1, 0.15) is 12.8 Å². The fourth-order valence-corrected chi connectivity index (χ4v) is 2.40. The monoisotopic (exact) mass is 184 g/mol. The molecule has 4 nitrogen and oxygen atoms in total. The van der Waals surface area contributed by atoms with E-state index in [4.69, 9.17) is 0 Å². The number of isocyanates is 2. The first-order valence-corrected chi connectivity index (χ1v) is 4.69. The molecule has 64 valence electrons. The Hall–Kier alpha value is -0.890. The van der Waals surface area contributed by atoms with Gasteiger partial charge < -0.3 is 0 Å². The molecule has 0 aromatic carbocycles. The topological polar surface area (TPSA) is 58.9 Å². The number of carbonyl (C=O) groups excluding carboxylic acids is 2. The van der Waals surface area contributed by atoms with Gasteiger partial charge in [-0.05, 0) is 18.6 Å². The van der Waals surface area contributed by atoms with Crippen LogP contribution >= 0.6 is 11.8 Å². The van der Waals surface area contributed by atoms with Gasteiger partial charge >= 0.3 is 0 Å². The molecule has 0 aromatic heterocycles. The molecule has 1 atom stereocenters. The van der Waals surface area contributed by atoms with Gasteiger partial charge in [-0.15, -0.1) is 0 Å². The van der Waals surface area contributed by atoms with Crippen molar-refractivity contribution >= 4 is 23.9 Å². The Balaban J connectivity index is 2.63. The molecule has 12 heavy (non-hydrogen) atoms. The van der Waals surface area contributed by atoms with Crippen LogP contribution in [0.3, 0.4) is 0 Å². The second-order valence-electron chi connectivity index (χ2n) is 2.41. The highest BCUT2D eigenvalue weighted by atomic mass is 32.2. The van der Waals surface area contributed by atoms with Gasteiger partial charge in [-0.2, -0.15) is 21.7 Å². The van der Waals surface area contributed by atoms with Crippen LogP contribution in [0.2, 0.25) is 0 Å². The zero-order chi connectivity index (χ0) is 8.81. The van der Waals surface area contributed by atoms with E-state index in [1.54, 1.807) is 11.8 Å². The molecule has 0 spiro atoms. The lowest BCUT2D eigenvalue weighted by Gasteiger charge is -2.09. The number of aliphatic imine (C=N–C) groups is 2. The average molecular weight is 184 g/mol. The van der Waals surface area contributed by atoms with Crippen LogP contribution in [0.5, 0.6) is 0 Å². The lowest BCUT2D eigenvalue weighted by Crippen LogP contribution is -2.15. The molecule has 0 N–H and O–H groups in total. The molecular weight excluding hydrogens is 176 g/mol. The fraction of sp³-hybridized carbons (Fsp3) is 0.714. The quantitative estimate of drug-likeness (QED) is 0.483. The molecule has 0 amide bonds. The van der Waals surface area contributed by atoms with Crippen molar-refractivity contribution in [2.75, 3.05) is 5.75 Å². The van der Waals surface area contributed by atoms with Crippen LogP contribution in [0, 0.1) is 0 Å². The summed E-state index contributed by atoms with van der Waals surface area (Å²) in [6.07, 6.45) is 4.32. The summed E-state index contributed by atoms with van der Waals surface area (Å²) in [5.41, 5.74) is 0. The van der Waals surface area contributed by atoms with E-state index in [9.17, 15) is 9.59 Å². The standard InChI is InChI=1S/C7H8N2O2S/c10-4-8-7(9-5-11)6-2-1-3-12-6/h6-7H,1-3H2. The summed E-state index contributed by atoms with van der Waals surface area (Å²) in [5.74, 6) is 1.05. The smallest absolute Gasteiger partial charge is 0.211 e. The van der Waals surface area contributed by atoms with E-state index in [1.807, 2.05) is 0 Å². The first-order valence-electron chi connectivity index (χ1n) is 3.64. The third-order valence-electron chi connectivity index (χ3n) is 1.67. The molecule has 0 radical (unpaired) electrons. The van der Waals surface area contributed by atoms with E-state index >= 15 is 0 Å². The number of hydrogen-bond acceptors (Lipinski definition) is 5. The van der Waals surface area contributed by atoms with Crippen molar-refractivity contribution in [2.24, 2.45) is 9.98 Å². The Labute approximate surface area is 74.2 Å². The van der Waals surface area contributed by atoms with Crippen LogP contribution in [-0.2, 0) is 9.59 Å². The number of thioether (sulfide) groups is 1. The van der Waals surface area contributed by atoms with Crippen molar-refractivity contribution < 1.29 is 9.59 Å². The highest BCUT2D eigenvalue weighted by Gasteiger charge is 2.24. The van der Waals surface area contributed by atoms with Crippen molar-refractivity contribution in [3.63, 3.8) is 0 Å². The summed E-state index contributed by atoms with van der Waals surface area (Å²) in [4.78, 5) is 26.8. The second-order valence-corrected chi connectivity index (χ2v) is 3.75. The Bertz CT molecular complexity index is 220.